The van der Waals surface area contributed by atoms with E-state index in [0.29, 0.717) is 16.9 Å². The molecule has 0 aromatic heterocycles. The zero-order chi connectivity index (χ0) is 14.1. The van der Waals surface area contributed by atoms with Crippen molar-refractivity contribution in [1.82, 2.24) is 5.32 Å². The van der Waals surface area contributed by atoms with Crippen LogP contribution in [0.5, 0.6) is 0 Å². The Labute approximate surface area is 128 Å². The summed E-state index contributed by atoms with van der Waals surface area (Å²) < 4.78 is 0. The number of hydrogen-bond donors (Lipinski definition) is 1. The molecule has 0 aromatic carbocycles. The van der Waals surface area contributed by atoms with E-state index in [0.717, 1.165) is 6.54 Å². The van der Waals surface area contributed by atoms with Gasteiger partial charge in [0.25, 0.3) is 0 Å². The van der Waals surface area contributed by atoms with Gasteiger partial charge >= 0.3 is 0 Å². The molecule has 1 spiro atoms. The Hall–Kier alpha value is -0.180. The van der Waals surface area contributed by atoms with Crippen molar-refractivity contribution in [2.24, 2.45) is 15.8 Å². The van der Waals surface area contributed by atoms with Crippen LogP contribution in [-0.4, -0.2) is 23.5 Å². The second-order valence-corrected chi connectivity index (χ2v) is 8.87. The van der Waals surface area contributed by atoms with E-state index in [1.165, 1.54) is 68.7 Å². The fourth-order valence-corrected chi connectivity index (χ4v) is 5.36. The molecule has 2 fully saturated rings. The van der Waals surface area contributed by atoms with E-state index < -0.39 is 0 Å². The second-order valence-electron chi connectivity index (χ2n) is 7.90. The highest BCUT2D eigenvalue weighted by molar-refractivity contribution is 8.13. The van der Waals surface area contributed by atoms with Gasteiger partial charge in [0.15, 0.2) is 5.17 Å². The highest BCUT2D eigenvalue weighted by Gasteiger charge is 2.37. The second kappa shape index (κ2) is 5.90. The van der Waals surface area contributed by atoms with Gasteiger partial charge in [-0.3, -0.25) is 4.99 Å². The monoisotopic (exact) mass is 294 g/mol. The van der Waals surface area contributed by atoms with Crippen molar-refractivity contribution in [1.29, 1.82) is 0 Å². The first-order valence-corrected chi connectivity index (χ1v) is 9.52. The third kappa shape index (κ3) is 3.18. The minimum Gasteiger partial charge on any atom is -0.362 e. The average Bonchev–Trinajstić information content (AvgIpc) is 2.45. The number of amidine groups is 1. The number of hydrogen-bond acceptors (Lipinski definition) is 3. The Morgan fingerprint density at radius 2 is 1.80 bits per heavy atom. The van der Waals surface area contributed by atoms with E-state index in [4.69, 9.17) is 4.99 Å². The van der Waals surface area contributed by atoms with Crippen LogP contribution in [0, 0.1) is 10.8 Å². The Balaban J connectivity index is 1.59. The molecule has 1 N–H and O–H groups in total. The molecule has 2 nitrogen and oxygen atoms in total. The molecule has 0 radical (unpaired) electrons. The largest absolute Gasteiger partial charge is 0.362 e. The molecule has 2 aliphatic carbocycles. The smallest absolute Gasteiger partial charge is 0.156 e. The summed E-state index contributed by atoms with van der Waals surface area (Å²) in [6.45, 7) is 5.91. The van der Waals surface area contributed by atoms with Crippen LogP contribution in [-0.2, 0) is 0 Å². The first kappa shape index (κ1) is 14.7. The van der Waals surface area contributed by atoms with Gasteiger partial charge in [-0.05, 0) is 36.5 Å². The number of thioether (sulfide) groups is 1. The zero-order valence-corrected chi connectivity index (χ0v) is 14.0. The lowest BCUT2D eigenvalue weighted by atomic mass is 9.73. The molecule has 1 aliphatic heterocycles. The lowest BCUT2D eigenvalue weighted by Crippen LogP contribution is -2.47. The van der Waals surface area contributed by atoms with Crippen LogP contribution in [0.4, 0.5) is 0 Å². The van der Waals surface area contributed by atoms with Crippen LogP contribution >= 0.6 is 11.8 Å². The predicted molar refractivity (Wildman–Crippen MR) is 89.5 cm³/mol. The van der Waals surface area contributed by atoms with Gasteiger partial charge in [-0.15, -0.1) is 0 Å². The molecule has 0 aromatic rings. The molecule has 3 heteroatoms. The van der Waals surface area contributed by atoms with Crippen molar-refractivity contribution in [2.75, 3.05) is 12.3 Å². The molecule has 114 valence electrons. The molecule has 2 saturated carbocycles. The van der Waals surface area contributed by atoms with Gasteiger partial charge in [0.05, 0.1) is 0 Å². The molecule has 0 amide bonds. The predicted octanol–water partition coefficient (Wildman–Crippen LogP) is 4.60. The lowest BCUT2D eigenvalue weighted by Gasteiger charge is -2.42. The van der Waals surface area contributed by atoms with E-state index in [9.17, 15) is 0 Å². The number of nitrogens with zero attached hydrogens (tertiary/aromatic N) is 1. The fourth-order valence-electron chi connectivity index (χ4n) is 4.15. The van der Waals surface area contributed by atoms with Gasteiger partial charge in [-0.1, -0.05) is 57.7 Å². The van der Waals surface area contributed by atoms with Crippen molar-refractivity contribution in [3.05, 3.63) is 0 Å². The van der Waals surface area contributed by atoms with E-state index in [1.807, 2.05) is 11.8 Å². The molecule has 0 bridgehead atoms. The van der Waals surface area contributed by atoms with Gasteiger partial charge < -0.3 is 5.32 Å². The highest BCUT2D eigenvalue weighted by Crippen LogP contribution is 2.42. The van der Waals surface area contributed by atoms with Crippen LogP contribution in [0.25, 0.3) is 0 Å². The average molecular weight is 295 g/mol. The van der Waals surface area contributed by atoms with Crippen LogP contribution in [0.15, 0.2) is 4.99 Å². The van der Waals surface area contributed by atoms with Crippen molar-refractivity contribution < 1.29 is 0 Å². The van der Waals surface area contributed by atoms with Crippen molar-refractivity contribution >= 4 is 16.9 Å². The zero-order valence-electron chi connectivity index (χ0n) is 13.2. The Bertz CT molecular complexity index is 369. The van der Waals surface area contributed by atoms with E-state index in [2.05, 4.69) is 19.2 Å². The number of nitrogens with one attached hydrogen (secondary N) is 1. The summed E-state index contributed by atoms with van der Waals surface area (Å²) in [5.41, 5.74) is 0.984. The lowest BCUT2D eigenvalue weighted by molar-refractivity contribution is 0.185. The molecule has 1 atom stereocenters. The fraction of sp³-hybridized carbons (Fsp3) is 0.941. The summed E-state index contributed by atoms with van der Waals surface area (Å²) in [6.07, 6.45) is 12.6. The number of rotatable bonds is 1. The summed E-state index contributed by atoms with van der Waals surface area (Å²) in [5.74, 6) is 1.30. The summed E-state index contributed by atoms with van der Waals surface area (Å²) in [5, 5.41) is 5.02. The van der Waals surface area contributed by atoms with Crippen LogP contribution in [0.2, 0.25) is 0 Å². The maximum atomic E-state index is 4.93. The molecule has 3 rings (SSSR count). The quantitative estimate of drug-likeness (QED) is 0.764. The molecule has 3 aliphatic rings. The topological polar surface area (TPSA) is 24.4 Å². The van der Waals surface area contributed by atoms with Gasteiger partial charge in [0.2, 0.25) is 0 Å². The van der Waals surface area contributed by atoms with E-state index in [1.54, 1.807) is 0 Å². The summed E-state index contributed by atoms with van der Waals surface area (Å²) in [6, 6.07) is 0.628. The normalized spacial score (nSPS) is 32.7. The summed E-state index contributed by atoms with van der Waals surface area (Å²) >= 11 is 2.00. The maximum absolute atomic E-state index is 4.93. The molecular formula is C17H30N2S. The first-order chi connectivity index (χ1) is 9.60. The van der Waals surface area contributed by atoms with Crippen molar-refractivity contribution in [3.63, 3.8) is 0 Å². The summed E-state index contributed by atoms with van der Waals surface area (Å²) in [4.78, 5) is 4.93. The van der Waals surface area contributed by atoms with E-state index >= 15 is 0 Å². The van der Waals surface area contributed by atoms with Crippen LogP contribution in [0.3, 0.4) is 0 Å². The minimum absolute atomic E-state index is 0.432. The number of aliphatic imine (C=N–C) groups is 1. The third-order valence-electron chi connectivity index (χ3n) is 5.79. The standard InChI is InChI=1S/C17H30N2S/c1-16(2)9-7-4-8-14(16)19-15-18-12-17(13-20-15)10-5-3-6-11-17/h14H,3-13H2,1-2H3,(H,18,19). The maximum Gasteiger partial charge on any atom is 0.156 e. The van der Waals surface area contributed by atoms with Crippen molar-refractivity contribution in [2.45, 2.75) is 77.7 Å². The molecule has 1 unspecified atom stereocenters. The Morgan fingerprint density at radius 3 is 2.45 bits per heavy atom. The van der Waals surface area contributed by atoms with Gasteiger partial charge in [-0.25, -0.2) is 0 Å². The van der Waals surface area contributed by atoms with Crippen molar-refractivity contribution in [3.8, 4) is 0 Å². The van der Waals surface area contributed by atoms with E-state index in [-0.39, 0.29) is 0 Å². The van der Waals surface area contributed by atoms with Crippen LogP contribution < -0.4 is 5.32 Å². The summed E-state index contributed by atoms with van der Waals surface area (Å²) in [7, 11) is 0. The SMILES string of the molecule is CC1(C)CCCCC1NC1=NCC2(CCCCC2)CS1. The molecule has 1 heterocycles. The highest BCUT2D eigenvalue weighted by atomic mass is 32.2. The van der Waals surface area contributed by atoms with Gasteiger partial charge in [-0.2, -0.15) is 0 Å². The molecule has 20 heavy (non-hydrogen) atoms. The van der Waals surface area contributed by atoms with Gasteiger partial charge in [0, 0.05) is 18.3 Å². The molecular weight excluding hydrogens is 264 g/mol. The first-order valence-electron chi connectivity index (χ1n) is 8.54. The third-order valence-corrected chi connectivity index (χ3v) is 7.07. The van der Waals surface area contributed by atoms with Crippen LogP contribution in [0.1, 0.15) is 71.6 Å². The Morgan fingerprint density at radius 1 is 1.05 bits per heavy atom. The molecule has 0 saturated heterocycles. The minimum atomic E-state index is 0.432. The van der Waals surface area contributed by atoms with Gasteiger partial charge in [0.1, 0.15) is 0 Å². The Kier molecular flexibility index (Phi) is 4.35.